The topological polar surface area (TPSA) is 23.8 Å². The molecule has 25 heavy (non-hydrogen) atoms. The Morgan fingerprint density at radius 1 is 0.760 bits per heavy atom. The van der Waals surface area contributed by atoms with Gasteiger partial charge in [-0.2, -0.15) is 5.26 Å². The first-order valence-corrected chi connectivity index (χ1v) is 11.6. The van der Waals surface area contributed by atoms with Crippen molar-refractivity contribution in [1.29, 1.82) is 5.26 Å². The zero-order valence-corrected chi connectivity index (χ0v) is 17.2. The second-order valence-corrected chi connectivity index (χ2v) is 9.32. The van der Waals surface area contributed by atoms with Crippen LogP contribution in [0.2, 0.25) is 0 Å². The van der Waals surface area contributed by atoms with Gasteiger partial charge in [-0.3, -0.25) is 0 Å². The summed E-state index contributed by atoms with van der Waals surface area (Å²) >= 11 is 0. The average molecular weight is 346 g/mol. The van der Waals surface area contributed by atoms with Gasteiger partial charge >= 0.3 is 0 Å². The van der Waals surface area contributed by atoms with E-state index < -0.39 is 0 Å². The van der Waals surface area contributed by atoms with Crippen LogP contribution in [0.25, 0.3) is 0 Å². The lowest BCUT2D eigenvalue weighted by molar-refractivity contribution is 0.114. The van der Waals surface area contributed by atoms with Gasteiger partial charge < -0.3 is 0 Å². The number of rotatable bonds is 10. The molecule has 0 unspecified atom stereocenters. The Morgan fingerprint density at radius 2 is 1.36 bits per heavy atom. The summed E-state index contributed by atoms with van der Waals surface area (Å²) in [5.74, 6) is 2.96. The molecule has 1 nitrogen and oxygen atoms in total. The second-order valence-electron chi connectivity index (χ2n) is 9.32. The molecule has 0 aromatic heterocycles. The van der Waals surface area contributed by atoms with E-state index in [9.17, 15) is 5.26 Å². The predicted molar refractivity (Wildman–Crippen MR) is 108 cm³/mol. The van der Waals surface area contributed by atoms with Crippen LogP contribution in [0.4, 0.5) is 0 Å². The summed E-state index contributed by atoms with van der Waals surface area (Å²) in [6.07, 6.45) is 23.2. The summed E-state index contributed by atoms with van der Waals surface area (Å²) in [5, 5.41) is 9.74. The lowest BCUT2D eigenvalue weighted by Gasteiger charge is -2.41. The van der Waals surface area contributed by atoms with Gasteiger partial charge in [0.2, 0.25) is 0 Å². The van der Waals surface area contributed by atoms with Gasteiger partial charge in [0.15, 0.2) is 0 Å². The van der Waals surface area contributed by atoms with Crippen molar-refractivity contribution in [1.82, 2.24) is 0 Å². The van der Waals surface area contributed by atoms with Crippen molar-refractivity contribution >= 4 is 0 Å². The van der Waals surface area contributed by atoms with Crippen molar-refractivity contribution < 1.29 is 0 Å². The largest absolute Gasteiger partial charge is 0.198 e. The molecule has 2 fully saturated rings. The molecular formula is C24H43N. The smallest absolute Gasteiger partial charge is 0.0689 e. The van der Waals surface area contributed by atoms with Gasteiger partial charge in [0, 0.05) is 0 Å². The molecule has 2 aliphatic carbocycles. The van der Waals surface area contributed by atoms with Gasteiger partial charge in [-0.05, 0) is 62.7 Å². The molecule has 0 amide bonds. The maximum Gasteiger partial charge on any atom is 0.0689 e. The highest BCUT2D eigenvalue weighted by atomic mass is 14.4. The van der Waals surface area contributed by atoms with E-state index >= 15 is 0 Å². The minimum Gasteiger partial charge on any atom is -0.198 e. The SMILES string of the molecule is CCCCCCC1CCC(C2CCC(C#N)(CCCCC)CC2)CC1. The highest BCUT2D eigenvalue weighted by Crippen LogP contribution is 2.47. The maximum atomic E-state index is 9.74. The summed E-state index contributed by atoms with van der Waals surface area (Å²) in [4.78, 5) is 0. The van der Waals surface area contributed by atoms with E-state index in [4.69, 9.17) is 0 Å². The molecule has 2 aliphatic rings. The predicted octanol–water partition coefficient (Wildman–Crippen LogP) is 8.04. The lowest BCUT2D eigenvalue weighted by atomic mass is 9.63. The highest BCUT2D eigenvalue weighted by Gasteiger charge is 2.38. The van der Waals surface area contributed by atoms with Crippen LogP contribution in [0.1, 0.15) is 123 Å². The van der Waals surface area contributed by atoms with Crippen LogP contribution in [0.3, 0.4) is 0 Å². The van der Waals surface area contributed by atoms with E-state index in [0.717, 1.165) is 24.2 Å². The third-order valence-electron chi connectivity index (χ3n) is 7.51. The summed E-state index contributed by atoms with van der Waals surface area (Å²) in [6, 6.07) is 2.74. The zero-order valence-electron chi connectivity index (χ0n) is 17.2. The molecule has 0 aromatic rings. The third kappa shape index (κ3) is 6.62. The number of nitrogens with zero attached hydrogens (tertiary/aromatic N) is 1. The first kappa shape index (κ1) is 20.8. The van der Waals surface area contributed by atoms with Crippen molar-refractivity contribution in [2.75, 3.05) is 0 Å². The normalized spacial score (nSPS) is 33.1. The van der Waals surface area contributed by atoms with Crippen molar-refractivity contribution in [3.63, 3.8) is 0 Å². The molecule has 2 saturated carbocycles. The molecule has 0 radical (unpaired) electrons. The van der Waals surface area contributed by atoms with E-state index in [-0.39, 0.29) is 5.41 Å². The van der Waals surface area contributed by atoms with Crippen LogP contribution in [0.15, 0.2) is 0 Å². The molecule has 0 aliphatic heterocycles. The van der Waals surface area contributed by atoms with Crippen molar-refractivity contribution in [3.05, 3.63) is 0 Å². The van der Waals surface area contributed by atoms with Crippen molar-refractivity contribution in [2.45, 2.75) is 123 Å². The van der Waals surface area contributed by atoms with E-state index in [2.05, 4.69) is 19.9 Å². The first-order valence-electron chi connectivity index (χ1n) is 11.6. The average Bonchev–Trinajstić information content (AvgIpc) is 2.67. The van der Waals surface area contributed by atoms with Gasteiger partial charge in [-0.1, -0.05) is 78.1 Å². The van der Waals surface area contributed by atoms with Crippen LogP contribution in [0, 0.1) is 34.5 Å². The van der Waals surface area contributed by atoms with Gasteiger partial charge in [0.25, 0.3) is 0 Å². The fraction of sp³-hybridized carbons (Fsp3) is 0.958. The van der Waals surface area contributed by atoms with E-state index in [1.54, 1.807) is 0 Å². The fourth-order valence-corrected chi connectivity index (χ4v) is 5.60. The van der Waals surface area contributed by atoms with Gasteiger partial charge in [0.1, 0.15) is 0 Å². The molecule has 0 aromatic carbocycles. The minimum atomic E-state index is 0.0438. The maximum absolute atomic E-state index is 9.74. The van der Waals surface area contributed by atoms with Crippen molar-refractivity contribution in [3.8, 4) is 6.07 Å². The lowest BCUT2D eigenvalue weighted by Crippen LogP contribution is -2.31. The Morgan fingerprint density at radius 3 is 1.96 bits per heavy atom. The molecule has 2 rings (SSSR count). The van der Waals surface area contributed by atoms with Crippen LogP contribution in [0.5, 0.6) is 0 Å². The Labute approximate surface area is 158 Å². The van der Waals surface area contributed by atoms with Crippen LogP contribution < -0.4 is 0 Å². The Balaban J connectivity index is 1.67. The summed E-state index contributed by atoms with van der Waals surface area (Å²) in [7, 11) is 0. The summed E-state index contributed by atoms with van der Waals surface area (Å²) < 4.78 is 0. The first-order chi connectivity index (χ1) is 12.2. The molecule has 1 heteroatoms. The molecule has 0 atom stereocenters. The van der Waals surface area contributed by atoms with Gasteiger partial charge in [-0.25, -0.2) is 0 Å². The second kappa shape index (κ2) is 11.3. The highest BCUT2D eigenvalue weighted by molar-refractivity contribution is 5.02. The van der Waals surface area contributed by atoms with E-state index in [1.807, 2.05) is 0 Å². The number of hydrogen-bond acceptors (Lipinski definition) is 1. The van der Waals surface area contributed by atoms with Crippen LogP contribution in [-0.4, -0.2) is 0 Å². The molecule has 0 saturated heterocycles. The molecule has 0 heterocycles. The minimum absolute atomic E-state index is 0.0438. The summed E-state index contributed by atoms with van der Waals surface area (Å²) in [6.45, 7) is 4.57. The standard InChI is InChI=1S/C24H43N/c1-3-5-7-8-10-21-11-13-22(14-12-21)23-15-18-24(20-25,19-16-23)17-9-6-4-2/h21-23H,3-19H2,1-2H3. The Hall–Kier alpha value is -0.510. The quantitative estimate of drug-likeness (QED) is 0.367. The monoisotopic (exact) mass is 345 g/mol. The molecule has 0 N–H and O–H groups in total. The Bertz CT molecular complexity index is 377. The van der Waals surface area contributed by atoms with Crippen LogP contribution >= 0.6 is 0 Å². The van der Waals surface area contributed by atoms with Crippen molar-refractivity contribution in [2.24, 2.45) is 23.2 Å². The van der Waals surface area contributed by atoms with Gasteiger partial charge in [0.05, 0.1) is 11.5 Å². The summed E-state index contributed by atoms with van der Waals surface area (Å²) in [5.41, 5.74) is 0.0438. The molecular weight excluding hydrogens is 302 g/mol. The number of hydrogen-bond donors (Lipinski definition) is 0. The fourth-order valence-electron chi connectivity index (χ4n) is 5.60. The molecule has 144 valence electrons. The zero-order chi connectivity index (χ0) is 18.0. The molecule has 0 spiro atoms. The van der Waals surface area contributed by atoms with Gasteiger partial charge in [-0.15, -0.1) is 0 Å². The molecule has 0 bridgehead atoms. The number of unbranched alkanes of at least 4 members (excludes halogenated alkanes) is 5. The van der Waals surface area contributed by atoms with E-state index in [1.165, 1.54) is 103 Å². The number of nitriles is 1. The third-order valence-corrected chi connectivity index (χ3v) is 7.51. The van der Waals surface area contributed by atoms with Crippen LogP contribution in [-0.2, 0) is 0 Å². The Kier molecular flexibility index (Phi) is 9.36. The van der Waals surface area contributed by atoms with E-state index in [0.29, 0.717) is 0 Å².